The van der Waals surface area contributed by atoms with Gasteiger partial charge in [0.15, 0.2) is 6.29 Å². The summed E-state index contributed by atoms with van der Waals surface area (Å²) in [7, 11) is -0.157. The van der Waals surface area contributed by atoms with Crippen LogP contribution in [0, 0.1) is 5.41 Å². The predicted octanol–water partition coefficient (Wildman–Crippen LogP) is 5.03. The van der Waals surface area contributed by atoms with Crippen molar-refractivity contribution in [1.29, 1.82) is 0 Å². The van der Waals surface area contributed by atoms with Gasteiger partial charge in [0.2, 0.25) is 10.0 Å². The van der Waals surface area contributed by atoms with E-state index >= 15 is 0 Å². The molecule has 2 aromatic rings. The quantitative estimate of drug-likeness (QED) is 0.509. The standard InChI is InChI=1S/C28H37NO5S/c1-28(2)25(15-17-34-27-12-8-9-16-33-27)24-19-23(32-4)14-13-22(24)18-26(28)29(3)35(30,31)20-21-10-6-5-7-11-21/h5-7,10-11,13-15,19,26-27H,8-9,12,16-18,20H2,1-4H3. The second kappa shape index (κ2) is 10.8. The first-order chi connectivity index (χ1) is 16.7. The van der Waals surface area contributed by atoms with Gasteiger partial charge in [-0.1, -0.05) is 56.3 Å². The lowest BCUT2D eigenvalue weighted by Gasteiger charge is -2.46. The van der Waals surface area contributed by atoms with Gasteiger partial charge in [-0.3, -0.25) is 0 Å². The van der Waals surface area contributed by atoms with Crippen molar-refractivity contribution in [3.8, 4) is 5.75 Å². The van der Waals surface area contributed by atoms with Gasteiger partial charge < -0.3 is 14.2 Å². The van der Waals surface area contributed by atoms with Gasteiger partial charge in [-0.15, -0.1) is 0 Å². The summed E-state index contributed by atoms with van der Waals surface area (Å²) in [5.74, 6) is 0.763. The van der Waals surface area contributed by atoms with Gasteiger partial charge in [-0.2, -0.15) is 0 Å². The number of rotatable bonds is 8. The molecule has 0 saturated carbocycles. The van der Waals surface area contributed by atoms with Crippen molar-refractivity contribution in [3.63, 3.8) is 0 Å². The van der Waals surface area contributed by atoms with Gasteiger partial charge in [-0.25, -0.2) is 12.7 Å². The second-order valence-electron chi connectivity index (χ2n) is 9.97. The van der Waals surface area contributed by atoms with Crippen LogP contribution in [0.3, 0.4) is 0 Å². The van der Waals surface area contributed by atoms with Gasteiger partial charge >= 0.3 is 0 Å². The molecule has 1 fully saturated rings. The molecule has 0 aromatic heterocycles. The first kappa shape index (κ1) is 25.9. The predicted molar refractivity (Wildman–Crippen MR) is 139 cm³/mol. The average molecular weight is 500 g/mol. The van der Waals surface area contributed by atoms with E-state index in [1.54, 1.807) is 18.5 Å². The summed E-state index contributed by atoms with van der Waals surface area (Å²) in [6.07, 6.45) is 5.63. The zero-order valence-corrected chi connectivity index (χ0v) is 22.0. The summed E-state index contributed by atoms with van der Waals surface area (Å²) in [5.41, 5.74) is 3.61. The van der Waals surface area contributed by atoms with E-state index in [9.17, 15) is 8.42 Å². The molecule has 190 valence electrons. The molecular formula is C28H37NO5S. The molecule has 0 amide bonds. The normalized spacial score (nSPS) is 23.3. The first-order valence-electron chi connectivity index (χ1n) is 12.3. The van der Waals surface area contributed by atoms with Gasteiger partial charge in [-0.05, 0) is 60.1 Å². The number of hydrogen-bond acceptors (Lipinski definition) is 5. The maximum Gasteiger partial charge on any atom is 0.218 e. The highest BCUT2D eigenvalue weighted by Crippen LogP contribution is 2.48. The van der Waals surface area contributed by atoms with Crippen LogP contribution < -0.4 is 4.74 Å². The molecule has 2 aliphatic rings. The summed E-state index contributed by atoms with van der Waals surface area (Å²) in [6.45, 7) is 5.39. The lowest BCUT2D eigenvalue weighted by atomic mass is 9.67. The van der Waals surface area contributed by atoms with Crippen molar-refractivity contribution in [1.82, 2.24) is 4.31 Å². The minimum Gasteiger partial charge on any atom is -0.497 e. The van der Waals surface area contributed by atoms with E-state index in [0.29, 0.717) is 13.0 Å². The van der Waals surface area contributed by atoms with Crippen molar-refractivity contribution >= 4 is 15.6 Å². The largest absolute Gasteiger partial charge is 0.497 e. The zero-order chi connectivity index (χ0) is 25.1. The maximum atomic E-state index is 13.5. The first-order valence-corrected chi connectivity index (χ1v) is 13.9. The third-order valence-corrected chi connectivity index (χ3v) is 9.15. The molecule has 0 N–H and O–H groups in total. The van der Waals surface area contributed by atoms with E-state index in [1.807, 2.05) is 42.5 Å². The number of likely N-dealkylation sites (N-methyl/N-ethyl adjacent to an activating group) is 1. The fraction of sp³-hybridized carbons (Fsp3) is 0.500. The topological polar surface area (TPSA) is 65.1 Å². The molecular weight excluding hydrogens is 462 g/mol. The molecule has 6 nitrogen and oxygen atoms in total. The van der Waals surface area contributed by atoms with Crippen LogP contribution in [0.25, 0.3) is 5.57 Å². The van der Waals surface area contributed by atoms with Crippen LogP contribution in [-0.2, 0) is 31.7 Å². The molecule has 35 heavy (non-hydrogen) atoms. The van der Waals surface area contributed by atoms with Gasteiger partial charge in [0.25, 0.3) is 0 Å². The van der Waals surface area contributed by atoms with Crippen LogP contribution in [0.1, 0.15) is 49.8 Å². The van der Waals surface area contributed by atoms with Crippen LogP contribution in [0.4, 0.5) is 0 Å². The molecule has 2 atom stereocenters. The lowest BCUT2D eigenvalue weighted by Crippen LogP contribution is -2.50. The van der Waals surface area contributed by atoms with E-state index < -0.39 is 15.4 Å². The van der Waals surface area contributed by atoms with E-state index in [0.717, 1.165) is 53.9 Å². The van der Waals surface area contributed by atoms with E-state index in [1.165, 1.54) is 0 Å². The Labute approximate surface area is 209 Å². The molecule has 0 spiro atoms. The summed E-state index contributed by atoms with van der Waals surface area (Å²) in [5, 5.41) is 0. The summed E-state index contributed by atoms with van der Waals surface area (Å²) in [4.78, 5) is 0. The van der Waals surface area contributed by atoms with Crippen LogP contribution >= 0.6 is 0 Å². The molecule has 4 rings (SSSR count). The van der Waals surface area contributed by atoms with Gasteiger partial charge in [0, 0.05) is 25.1 Å². The highest BCUT2D eigenvalue weighted by molar-refractivity contribution is 7.88. The van der Waals surface area contributed by atoms with E-state index in [4.69, 9.17) is 14.2 Å². The van der Waals surface area contributed by atoms with Crippen LogP contribution in [0.2, 0.25) is 0 Å². The highest BCUT2D eigenvalue weighted by Gasteiger charge is 2.44. The minimum atomic E-state index is -3.53. The molecule has 0 bridgehead atoms. The van der Waals surface area contributed by atoms with Crippen molar-refractivity contribution in [2.24, 2.45) is 5.41 Å². The molecule has 2 unspecified atom stereocenters. The van der Waals surface area contributed by atoms with E-state index in [2.05, 4.69) is 26.0 Å². The number of benzene rings is 2. The Hall–Kier alpha value is -2.19. The van der Waals surface area contributed by atoms with E-state index in [-0.39, 0.29) is 18.1 Å². The number of sulfonamides is 1. The van der Waals surface area contributed by atoms with Gasteiger partial charge in [0.1, 0.15) is 5.75 Å². The third kappa shape index (κ3) is 5.80. The number of fused-ring (bicyclic) bond motifs is 1. The third-order valence-electron chi connectivity index (χ3n) is 7.32. The SMILES string of the molecule is COc1ccc2c(c1)C(=CCOC1CCCCO1)C(C)(C)C(N(C)S(=O)(=O)Cc1ccccc1)C2. The van der Waals surface area contributed by atoms with Crippen molar-refractivity contribution in [2.45, 2.75) is 57.6 Å². The van der Waals surface area contributed by atoms with Crippen LogP contribution in [0.15, 0.2) is 54.6 Å². The van der Waals surface area contributed by atoms with Crippen molar-refractivity contribution in [2.75, 3.05) is 27.4 Å². The Morgan fingerprint density at radius 3 is 2.60 bits per heavy atom. The smallest absolute Gasteiger partial charge is 0.218 e. The molecule has 0 radical (unpaired) electrons. The molecule has 7 heteroatoms. The Morgan fingerprint density at radius 1 is 1.14 bits per heavy atom. The monoisotopic (exact) mass is 499 g/mol. The van der Waals surface area contributed by atoms with Crippen LogP contribution in [-0.4, -0.2) is 52.4 Å². The second-order valence-corrected chi connectivity index (χ2v) is 12.0. The zero-order valence-electron chi connectivity index (χ0n) is 21.2. The lowest BCUT2D eigenvalue weighted by molar-refractivity contribution is -0.155. The molecule has 2 aromatic carbocycles. The summed E-state index contributed by atoms with van der Waals surface area (Å²) < 4.78 is 45.8. The summed E-state index contributed by atoms with van der Waals surface area (Å²) in [6, 6.07) is 15.1. The number of nitrogens with zero attached hydrogens (tertiary/aromatic N) is 1. The molecule has 1 saturated heterocycles. The Kier molecular flexibility index (Phi) is 8.01. The fourth-order valence-electron chi connectivity index (χ4n) is 5.22. The number of ether oxygens (including phenoxy) is 3. The Balaban J connectivity index is 1.65. The van der Waals surface area contributed by atoms with Crippen molar-refractivity contribution < 1.29 is 22.6 Å². The minimum absolute atomic E-state index is 0.0203. The van der Waals surface area contributed by atoms with Crippen molar-refractivity contribution in [3.05, 3.63) is 71.3 Å². The van der Waals surface area contributed by atoms with Gasteiger partial charge in [0.05, 0.1) is 19.5 Å². The average Bonchev–Trinajstić information content (AvgIpc) is 2.85. The Bertz CT molecular complexity index is 1140. The molecule has 1 aliphatic carbocycles. The molecule has 1 heterocycles. The highest BCUT2D eigenvalue weighted by atomic mass is 32.2. The summed E-state index contributed by atoms with van der Waals surface area (Å²) >= 11 is 0. The maximum absolute atomic E-state index is 13.5. The Morgan fingerprint density at radius 2 is 1.91 bits per heavy atom. The molecule has 1 aliphatic heterocycles. The fourth-order valence-corrected chi connectivity index (χ4v) is 6.76. The number of methoxy groups -OCH3 is 1. The van der Waals surface area contributed by atoms with Crippen LogP contribution in [0.5, 0.6) is 5.75 Å². The number of hydrogen-bond donors (Lipinski definition) is 0.